The van der Waals surface area contributed by atoms with E-state index in [1.54, 1.807) is 6.07 Å². The molecule has 1 aromatic rings. The first-order valence-corrected chi connectivity index (χ1v) is 11.7. The van der Waals surface area contributed by atoms with Gasteiger partial charge in [0.25, 0.3) is 0 Å². The van der Waals surface area contributed by atoms with Crippen LogP contribution in [0.25, 0.3) is 0 Å². The van der Waals surface area contributed by atoms with E-state index in [9.17, 15) is 10.1 Å². The minimum absolute atomic E-state index is 0.0344. The fourth-order valence-corrected chi connectivity index (χ4v) is 5.22. The number of carbonyl (C=O) groups is 1. The molecule has 1 heterocycles. The van der Waals surface area contributed by atoms with Crippen LogP contribution in [0, 0.1) is 40.4 Å². The van der Waals surface area contributed by atoms with Crippen molar-refractivity contribution in [3.05, 3.63) is 28.8 Å². The van der Waals surface area contributed by atoms with Crippen LogP contribution in [0.15, 0.2) is 18.2 Å². The fraction of sp³-hybridized carbons (Fsp3) is 0.625. The van der Waals surface area contributed by atoms with Crippen molar-refractivity contribution >= 4 is 23.2 Å². The fourth-order valence-electron chi connectivity index (χ4n) is 4.98. The first kappa shape index (κ1) is 23.4. The van der Waals surface area contributed by atoms with Gasteiger partial charge in [-0.05, 0) is 62.3 Å². The maximum Gasteiger partial charge on any atom is 0.217 e. The van der Waals surface area contributed by atoms with Crippen LogP contribution in [-0.2, 0) is 4.79 Å². The Bertz CT molecular complexity index is 829. The summed E-state index contributed by atoms with van der Waals surface area (Å²) in [6.07, 6.45) is 6.65. The van der Waals surface area contributed by atoms with Crippen LogP contribution < -0.4 is 10.6 Å². The molecule has 3 rings (SSSR count). The maximum atomic E-state index is 11.0. The summed E-state index contributed by atoms with van der Waals surface area (Å²) in [4.78, 5) is 15.8. The molecule has 1 saturated carbocycles. The molecule has 31 heavy (non-hydrogen) atoms. The highest BCUT2D eigenvalue weighted by atomic mass is 35.5. The lowest BCUT2D eigenvalue weighted by molar-refractivity contribution is -0.118. The third-order valence-corrected chi connectivity index (χ3v) is 7.29. The van der Waals surface area contributed by atoms with Crippen LogP contribution in [0.2, 0.25) is 5.02 Å². The number of rotatable bonds is 8. The Morgan fingerprint density at radius 3 is 2.48 bits per heavy atom. The summed E-state index contributed by atoms with van der Waals surface area (Å²) in [5.41, 5.74) is 6.85. The number of nitriles is 2. The summed E-state index contributed by atoms with van der Waals surface area (Å²) in [7, 11) is 0. The van der Waals surface area contributed by atoms with Gasteiger partial charge < -0.3 is 10.6 Å². The number of carbonyl (C=O) groups excluding carboxylic acids is 1. The standard InChI is InChI=1S/C24H32ClN5O/c25-22-7-3-19(16-26)15-23(22)30-13-11-29(12-14-30)10-9-18-1-4-20(5-2-18)21(17-27)6-8-24(28)31/h3,7,15,18,20-21H,1-2,4-6,8-14H2,(H2,28,31). The first-order chi connectivity index (χ1) is 15.0. The van der Waals surface area contributed by atoms with Gasteiger partial charge in [-0.3, -0.25) is 9.69 Å². The van der Waals surface area contributed by atoms with E-state index in [4.69, 9.17) is 22.6 Å². The van der Waals surface area contributed by atoms with E-state index in [1.807, 2.05) is 12.1 Å². The van der Waals surface area contributed by atoms with Crippen LogP contribution in [0.3, 0.4) is 0 Å². The minimum atomic E-state index is -0.311. The SMILES string of the molecule is N#Cc1ccc(Cl)c(N2CCN(CCC3CCC(C(C#N)CCC(N)=O)CC3)CC2)c1. The van der Waals surface area contributed by atoms with E-state index in [2.05, 4.69) is 21.9 Å². The third kappa shape index (κ3) is 6.60. The molecule has 0 radical (unpaired) electrons. The number of nitrogens with zero attached hydrogens (tertiary/aromatic N) is 4. The zero-order valence-corrected chi connectivity index (χ0v) is 18.9. The first-order valence-electron chi connectivity index (χ1n) is 11.3. The van der Waals surface area contributed by atoms with Crippen molar-refractivity contribution in [2.45, 2.75) is 44.9 Å². The molecule has 1 saturated heterocycles. The van der Waals surface area contributed by atoms with E-state index in [-0.39, 0.29) is 11.8 Å². The van der Waals surface area contributed by atoms with Crippen LogP contribution in [0.5, 0.6) is 0 Å². The Morgan fingerprint density at radius 1 is 1.16 bits per heavy atom. The van der Waals surface area contributed by atoms with E-state index in [1.165, 1.54) is 19.3 Å². The van der Waals surface area contributed by atoms with Crippen molar-refractivity contribution in [1.82, 2.24) is 4.90 Å². The summed E-state index contributed by atoms with van der Waals surface area (Å²) in [5.74, 6) is 0.798. The van der Waals surface area contributed by atoms with Gasteiger partial charge >= 0.3 is 0 Å². The molecule has 6 nitrogen and oxygen atoms in total. The molecule has 7 heteroatoms. The summed E-state index contributed by atoms with van der Waals surface area (Å²) < 4.78 is 0. The average molecular weight is 442 g/mol. The molecule has 1 aliphatic carbocycles. The highest BCUT2D eigenvalue weighted by Gasteiger charge is 2.28. The molecule has 0 bridgehead atoms. The number of benzene rings is 1. The van der Waals surface area contributed by atoms with Gasteiger partial charge in [-0.25, -0.2) is 0 Å². The Balaban J connectivity index is 1.39. The van der Waals surface area contributed by atoms with Crippen molar-refractivity contribution in [3.63, 3.8) is 0 Å². The van der Waals surface area contributed by atoms with Crippen molar-refractivity contribution in [3.8, 4) is 12.1 Å². The number of hydrogen-bond donors (Lipinski definition) is 1. The van der Waals surface area contributed by atoms with Crippen molar-refractivity contribution in [2.75, 3.05) is 37.6 Å². The Kier molecular flexibility index (Phi) is 8.58. The van der Waals surface area contributed by atoms with Crippen LogP contribution in [-0.4, -0.2) is 43.5 Å². The van der Waals surface area contributed by atoms with Gasteiger partial charge in [-0.1, -0.05) is 24.4 Å². The molecule has 2 N–H and O–H groups in total. The Labute approximate surface area is 190 Å². The Hall–Kier alpha value is -2.28. The predicted molar refractivity (Wildman–Crippen MR) is 122 cm³/mol. The molecule has 1 amide bonds. The second kappa shape index (κ2) is 11.4. The number of piperazine rings is 1. The molecule has 166 valence electrons. The van der Waals surface area contributed by atoms with Gasteiger partial charge in [0.05, 0.1) is 28.4 Å². The van der Waals surface area contributed by atoms with Crippen LogP contribution in [0.4, 0.5) is 5.69 Å². The van der Waals surface area contributed by atoms with Gasteiger partial charge in [0.1, 0.15) is 0 Å². The largest absolute Gasteiger partial charge is 0.370 e. The van der Waals surface area contributed by atoms with Gasteiger partial charge in [0, 0.05) is 38.5 Å². The number of hydrogen-bond acceptors (Lipinski definition) is 5. The topological polar surface area (TPSA) is 97.2 Å². The highest BCUT2D eigenvalue weighted by Crippen LogP contribution is 2.36. The average Bonchev–Trinajstić information content (AvgIpc) is 2.79. The van der Waals surface area contributed by atoms with Gasteiger partial charge in [0.15, 0.2) is 0 Å². The molecule has 1 unspecified atom stereocenters. The molecule has 1 aliphatic heterocycles. The summed E-state index contributed by atoms with van der Waals surface area (Å²) >= 11 is 6.36. The normalized spacial score (nSPS) is 23.0. The number of amides is 1. The van der Waals surface area contributed by atoms with E-state index in [0.29, 0.717) is 29.3 Å². The van der Waals surface area contributed by atoms with Gasteiger partial charge in [0.2, 0.25) is 5.91 Å². The zero-order valence-electron chi connectivity index (χ0n) is 18.1. The summed E-state index contributed by atoms with van der Waals surface area (Å²) in [6.45, 7) is 4.97. The second-order valence-corrected chi connectivity index (χ2v) is 9.32. The lowest BCUT2D eigenvalue weighted by Crippen LogP contribution is -2.47. The predicted octanol–water partition coefficient (Wildman–Crippen LogP) is 3.94. The second-order valence-electron chi connectivity index (χ2n) is 8.92. The summed E-state index contributed by atoms with van der Waals surface area (Å²) in [5, 5.41) is 19.3. The lowest BCUT2D eigenvalue weighted by atomic mass is 9.74. The minimum Gasteiger partial charge on any atom is -0.370 e. The molecular weight excluding hydrogens is 410 g/mol. The molecule has 1 aromatic carbocycles. The van der Waals surface area contributed by atoms with Crippen LogP contribution >= 0.6 is 11.6 Å². The monoisotopic (exact) mass is 441 g/mol. The van der Waals surface area contributed by atoms with Crippen molar-refractivity contribution < 1.29 is 4.79 Å². The lowest BCUT2D eigenvalue weighted by Gasteiger charge is -2.38. The van der Waals surface area contributed by atoms with E-state index in [0.717, 1.165) is 57.2 Å². The highest BCUT2D eigenvalue weighted by molar-refractivity contribution is 6.33. The molecule has 2 aliphatic rings. The van der Waals surface area contributed by atoms with Gasteiger partial charge in [-0.15, -0.1) is 0 Å². The van der Waals surface area contributed by atoms with Crippen molar-refractivity contribution in [2.24, 2.45) is 23.5 Å². The van der Waals surface area contributed by atoms with E-state index < -0.39 is 0 Å². The zero-order chi connectivity index (χ0) is 22.2. The van der Waals surface area contributed by atoms with Crippen LogP contribution in [0.1, 0.15) is 50.5 Å². The number of nitrogens with two attached hydrogens (primary N) is 1. The maximum absolute atomic E-state index is 11.0. The Morgan fingerprint density at radius 2 is 1.87 bits per heavy atom. The number of halogens is 1. The molecule has 2 fully saturated rings. The smallest absolute Gasteiger partial charge is 0.217 e. The summed E-state index contributed by atoms with van der Waals surface area (Å²) in [6, 6.07) is 10.0. The van der Waals surface area contributed by atoms with Crippen molar-refractivity contribution in [1.29, 1.82) is 10.5 Å². The molecular formula is C24H32ClN5O. The number of primary amides is 1. The molecule has 1 atom stereocenters. The quantitative estimate of drug-likeness (QED) is 0.658. The van der Waals surface area contributed by atoms with Gasteiger partial charge in [-0.2, -0.15) is 10.5 Å². The molecule has 0 spiro atoms. The number of anilines is 1. The van der Waals surface area contributed by atoms with E-state index >= 15 is 0 Å². The molecule has 0 aromatic heterocycles. The third-order valence-electron chi connectivity index (χ3n) is 6.97.